The zero-order valence-corrected chi connectivity index (χ0v) is 20.3. The number of rotatable bonds is 5. The van der Waals surface area contributed by atoms with Crippen molar-refractivity contribution in [2.24, 2.45) is 0 Å². The molecule has 0 N–H and O–H groups in total. The Hall–Kier alpha value is -3.12. The number of carbonyl (C=O) groups is 2. The molecule has 0 spiro atoms. The molecule has 0 saturated carbocycles. The van der Waals surface area contributed by atoms with Crippen LogP contribution in [0, 0.1) is 27.7 Å². The maximum absolute atomic E-state index is 13.4. The van der Waals surface area contributed by atoms with E-state index in [9.17, 15) is 9.59 Å². The summed E-state index contributed by atoms with van der Waals surface area (Å²) in [5.74, 6) is -0.676. The summed E-state index contributed by atoms with van der Waals surface area (Å²) in [6, 6.07) is 8.44. The maximum atomic E-state index is 13.4. The topological polar surface area (TPSA) is 60.8 Å². The third-order valence-electron chi connectivity index (χ3n) is 6.67. The van der Waals surface area contributed by atoms with E-state index in [1.165, 1.54) is 18.2 Å². The molecule has 1 aromatic heterocycles. The Morgan fingerprint density at radius 3 is 2.58 bits per heavy atom. The zero-order chi connectivity index (χ0) is 23.9. The summed E-state index contributed by atoms with van der Waals surface area (Å²) in [5.41, 5.74) is 7.81. The van der Waals surface area contributed by atoms with E-state index in [-0.39, 0.29) is 12.0 Å². The van der Waals surface area contributed by atoms with Gasteiger partial charge in [-0.1, -0.05) is 17.7 Å². The second-order valence-corrected chi connectivity index (χ2v) is 9.01. The smallest absolute Gasteiger partial charge is 0.340 e. The van der Waals surface area contributed by atoms with Gasteiger partial charge < -0.3 is 18.9 Å². The van der Waals surface area contributed by atoms with E-state index in [1.54, 1.807) is 11.8 Å². The van der Waals surface area contributed by atoms with Crippen LogP contribution in [0.25, 0.3) is 11.8 Å². The minimum Gasteiger partial charge on any atom is -0.465 e. The van der Waals surface area contributed by atoms with E-state index in [0.717, 1.165) is 35.5 Å². The van der Waals surface area contributed by atoms with Gasteiger partial charge in [0, 0.05) is 29.4 Å². The lowest BCUT2D eigenvalue weighted by molar-refractivity contribution is -0.136. The fourth-order valence-electron chi connectivity index (χ4n) is 4.96. The number of aromatic nitrogens is 1. The predicted octanol–water partition coefficient (Wildman–Crippen LogP) is 4.56. The van der Waals surface area contributed by atoms with Crippen LogP contribution in [0.15, 0.2) is 41.1 Å². The Kier molecular flexibility index (Phi) is 6.30. The van der Waals surface area contributed by atoms with Crippen molar-refractivity contribution in [2.75, 3.05) is 20.3 Å². The van der Waals surface area contributed by atoms with Crippen molar-refractivity contribution in [1.82, 2.24) is 9.47 Å². The number of hydrogen-bond acceptors (Lipinski definition) is 4. The third-order valence-corrected chi connectivity index (χ3v) is 6.67. The largest absolute Gasteiger partial charge is 0.465 e. The predicted molar refractivity (Wildman–Crippen MR) is 128 cm³/mol. The molecule has 6 nitrogen and oxygen atoms in total. The SMILES string of the molecule is COC(=O)C1=C(C)N(C[C@H]2CCCO2)C(=O)/C1=C\c1cc(C)n(-c2ccc(C)cc2C)c1C. The molecule has 1 aromatic carbocycles. The van der Waals surface area contributed by atoms with E-state index < -0.39 is 5.97 Å². The third kappa shape index (κ3) is 4.15. The molecule has 2 aliphatic heterocycles. The van der Waals surface area contributed by atoms with E-state index >= 15 is 0 Å². The van der Waals surface area contributed by atoms with Crippen LogP contribution >= 0.6 is 0 Å². The van der Waals surface area contributed by atoms with Gasteiger partial charge in [-0.15, -0.1) is 0 Å². The van der Waals surface area contributed by atoms with Crippen LogP contribution < -0.4 is 0 Å². The first-order valence-electron chi connectivity index (χ1n) is 11.4. The Labute approximate surface area is 195 Å². The molecule has 1 fully saturated rings. The summed E-state index contributed by atoms with van der Waals surface area (Å²) >= 11 is 0. The van der Waals surface area contributed by atoms with Crippen molar-refractivity contribution < 1.29 is 19.1 Å². The van der Waals surface area contributed by atoms with Crippen LogP contribution in [0.4, 0.5) is 0 Å². The molecular formula is C27H32N2O4. The molecule has 0 radical (unpaired) electrons. The van der Waals surface area contributed by atoms with Crippen molar-refractivity contribution in [3.05, 3.63) is 69.2 Å². The number of hydrogen-bond donors (Lipinski definition) is 0. The number of nitrogens with zero attached hydrogens (tertiary/aromatic N) is 2. The molecule has 3 heterocycles. The van der Waals surface area contributed by atoms with Crippen LogP contribution in [-0.4, -0.2) is 47.7 Å². The molecule has 4 rings (SSSR count). The summed E-state index contributed by atoms with van der Waals surface area (Å²) < 4.78 is 13.0. The van der Waals surface area contributed by atoms with Gasteiger partial charge in [-0.2, -0.15) is 0 Å². The van der Waals surface area contributed by atoms with Crippen molar-refractivity contribution in [2.45, 2.75) is 53.6 Å². The standard InChI is InChI=1S/C27H32N2O4/c1-16-9-10-24(17(2)12-16)29-18(3)13-21(19(29)4)14-23-25(27(31)32-6)20(5)28(26(23)30)15-22-8-7-11-33-22/h9-10,12-14,22H,7-8,11,15H2,1-6H3/b23-14-/t22-/m1/s1. The average Bonchev–Trinajstić information content (AvgIpc) is 3.44. The van der Waals surface area contributed by atoms with Gasteiger partial charge in [-0.25, -0.2) is 4.79 Å². The summed E-state index contributed by atoms with van der Waals surface area (Å²) in [4.78, 5) is 27.8. The highest BCUT2D eigenvalue weighted by molar-refractivity contribution is 6.16. The highest BCUT2D eigenvalue weighted by Crippen LogP contribution is 2.34. The van der Waals surface area contributed by atoms with Crippen LogP contribution in [0.5, 0.6) is 0 Å². The van der Waals surface area contributed by atoms with Crippen molar-refractivity contribution in [1.29, 1.82) is 0 Å². The molecule has 0 bridgehead atoms. The first-order valence-corrected chi connectivity index (χ1v) is 11.4. The molecule has 0 aliphatic carbocycles. The van der Waals surface area contributed by atoms with Gasteiger partial charge >= 0.3 is 5.97 Å². The van der Waals surface area contributed by atoms with E-state index in [0.29, 0.717) is 30.0 Å². The summed E-state index contributed by atoms with van der Waals surface area (Å²) in [6.45, 7) is 11.2. The van der Waals surface area contributed by atoms with Gasteiger partial charge in [0.25, 0.3) is 5.91 Å². The Balaban J connectivity index is 1.77. The second kappa shape index (κ2) is 9.02. The fourth-order valence-corrected chi connectivity index (χ4v) is 4.96. The Bertz CT molecular complexity index is 1180. The van der Waals surface area contributed by atoms with Crippen molar-refractivity contribution >= 4 is 18.0 Å². The average molecular weight is 449 g/mol. The molecule has 0 unspecified atom stereocenters. The molecule has 174 valence electrons. The number of aryl methyl sites for hydroxylation is 3. The Morgan fingerprint density at radius 1 is 1.18 bits per heavy atom. The van der Waals surface area contributed by atoms with E-state index in [1.807, 2.05) is 13.0 Å². The first kappa shape index (κ1) is 23.1. The highest BCUT2D eigenvalue weighted by atomic mass is 16.5. The minimum absolute atomic E-state index is 0.00303. The number of allylic oxidation sites excluding steroid dienone is 1. The molecule has 2 aromatic rings. The zero-order valence-electron chi connectivity index (χ0n) is 20.3. The molecule has 1 atom stereocenters. The molecule has 6 heteroatoms. The lowest BCUT2D eigenvalue weighted by atomic mass is 10.0. The number of methoxy groups -OCH3 is 1. The van der Waals surface area contributed by atoms with Crippen LogP contribution in [0.2, 0.25) is 0 Å². The number of ether oxygens (including phenoxy) is 2. The van der Waals surface area contributed by atoms with Crippen LogP contribution in [-0.2, 0) is 19.1 Å². The minimum atomic E-state index is -0.495. The quantitative estimate of drug-likeness (QED) is 0.497. The van der Waals surface area contributed by atoms with Gasteiger partial charge in [0.1, 0.15) is 0 Å². The van der Waals surface area contributed by atoms with Gasteiger partial charge in [0.15, 0.2) is 0 Å². The molecular weight excluding hydrogens is 416 g/mol. The van der Waals surface area contributed by atoms with E-state index in [2.05, 4.69) is 49.6 Å². The lowest BCUT2D eigenvalue weighted by Crippen LogP contribution is -2.33. The van der Waals surface area contributed by atoms with Gasteiger partial charge in [0.05, 0.1) is 30.9 Å². The summed E-state index contributed by atoms with van der Waals surface area (Å²) in [7, 11) is 1.35. The van der Waals surface area contributed by atoms with E-state index in [4.69, 9.17) is 9.47 Å². The maximum Gasteiger partial charge on any atom is 0.340 e. The normalized spacial score (nSPS) is 19.8. The van der Waals surface area contributed by atoms with Crippen LogP contribution in [0.3, 0.4) is 0 Å². The first-order chi connectivity index (χ1) is 15.7. The second-order valence-electron chi connectivity index (χ2n) is 9.01. The van der Waals surface area contributed by atoms with Gasteiger partial charge in [0.2, 0.25) is 0 Å². The van der Waals surface area contributed by atoms with Crippen molar-refractivity contribution in [3.63, 3.8) is 0 Å². The molecule has 1 amide bonds. The highest BCUT2D eigenvalue weighted by Gasteiger charge is 2.38. The van der Waals surface area contributed by atoms with Gasteiger partial charge in [-0.05, 0) is 76.8 Å². The number of amides is 1. The summed E-state index contributed by atoms with van der Waals surface area (Å²) in [6.07, 6.45) is 3.74. The van der Waals surface area contributed by atoms with Gasteiger partial charge in [-0.3, -0.25) is 4.79 Å². The molecule has 1 saturated heterocycles. The number of benzene rings is 1. The molecule has 33 heavy (non-hydrogen) atoms. The number of esters is 1. The lowest BCUT2D eigenvalue weighted by Gasteiger charge is -2.21. The molecule has 2 aliphatic rings. The monoisotopic (exact) mass is 448 g/mol. The fraction of sp³-hybridized carbons (Fsp3) is 0.407. The van der Waals surface area contributed by atoms with Crippen molar-refractivity contribution in [3.8, 4) is 5.69 Å². The van der Waals surface area contributed by atoms with Crippen LogP contribution in [0.1, 0.15) is 47.8 Å². The summed E-state index contributed by atoms with van der Waals surface area (Å²) in [5, 5.41) is 0. The number of carbonyl (C=O) groups excluding carboxylic acids is 2. The Morgan fingerprint density at radius 2 is 1.94 bits per heavy atom.